The van der Waals surface area contributed by atoms with Crippen LogP contribution in [0.3, 0.4) is 0 Å². The zero-order valence-corrected chi connectivity index (χ0v) is 23.5. The smallest absolute Gasteiger partial charge is 0.408 e. The van der Waals surface area contributed by atoms with Gasteiger partial charge in [-0.1, -0.05) is 72.8 Å². The number of benzene rings is 3. The van der Waals surface area contributed by atoms with Crippen LogP contribution in [0.1, 0.15) is 30.5 Å². The number of ether oxygens (including phenoxy) is 2. The highest BCUT2D eigenvalue weighted by molar-refractivity contribution is 5.98. The summed E-state index contributed by atoms with van der Waals surface area (Å²) in [5.74, 6) is -1.36. The fourth-order valence-electron chi connectivity index (χ4n) is 4.33. The molecule has 1 aliphatic rings. The van der Waals surface area contributed by atoms with Crippen molar-refractivity contribution in [3.63, 3.8) is 0 Å². The van der Waals surface area contributed by atoms with Gasteiger partial charge in [-0.25, -0.2) is 4.79 Å². The minimum absolute atomic E-state index is 0.0408. The van der Waals surface area contributed by atoms with Crippen molar-refractivity contribution in [2.75, 3.05) is 6.61 Å². The first kappa shape index (κ1) is 30.3. The summed E-state index contributed by atoms with van der Waals surface area (Å²) in [4.78, 5) is 52.3. The van der Waals surface area contributed by atoms with Gasteiger partial charge in [-0.15, -0.1) is 0 Å². The van der Waals surface area contributed by atoms with Gasteiger partial charge in [0, 0.05) is 6.42 Å². The van der Waals surface area contributed by atoms with Gasteiger partial charge >= 0.3 is 6.09 Å². The van der Waals surface area contributed by atoms with Crippen LogP contribution in [-0.2, 0) is 43.3 Å². The van der Waals surface area contributed by atoms with Crippen LogP contribution in [0.15, 0.2) is 84.9 Å². The number of hydrogen-bond acceptors (Lipinski definition) is 7. The van der Waals surface area contributed by atoms with Crippen LogP contribution < -0.4 is 16.0 Å². The molecule has 0 bridgehead atoms. The zero-order chi connectivity index (χ0) is 30.1. The lowest BCUT2D eigenvalue weighted by Gasteiger charge is -2.25. The molecule has 1 fully saturated rings. The van der Waals surface area contributed by atoms with Crippen molar-refractivity contribution in [3.05, 3.63) is 102 Å². The lowest BCUT2D eigenvalue weighted by Crippen LogP contribution is -2.57. The fraction of sp³-hybridized carbons (Fsp3) is 0.312. The number of phenols is 1. The third-order valence-electron chi connectivity index (χ3n) is 6.96. The summed E-state index contributed by atoms with van der Waals surface area (Å²) in [6.45, 7) is 3.44. The summed E-state index contributed by atoms with van der Waals surface area (Å²) in [7, 11) is 0. The second-order valence-electron chi connectivity index (χ2n) is 10.5. The molecule has 1 aliphatic heterocycles. The van der Waals surface area contributed by atoms with Crippen LogP contribution in [0.25, 0.3) is 0 Å². The summed E-state index contributed by atoms with van der Waals surface area (Å²) in [6.07, 6.45) is -0.457. The largest absolute Gasteiger partial charge is 0.508 e. The van der Waals surface area contributed by atoms with Crippen LogP contribution in [-0.4, -0.2) is 59.1 Å². The van der Waals surface area contributed by atoms with Crippen LogP contribution in [0.5, 0.6) is 5.75 Å². The first-order chi connectivity index (χ1) is 20.1. The number of alkyl carbamates (subject to hydrolysis) is 1. The Labute approximate surface area is 244 Å². The van der Waals surface area contributed by atoms with Crippen molar-refractivity contribution in [3.8, 4) is 5.75 Å². The Morgan fingerprint density at radius 1 is 0.786 bits per heavy atom. The first-order valence-electron chi connectivity index (χ1n) is 13.7. The predicted molar refractivity (Wildman–Crippen MR) is 154 cm³/mol. The molecule has 1 saturated heterocycles. The number of carbonyl (C=O) groups excluding carboxylic acids is 4. The monoisotopic (exact) mass is 573 g/mol. The molecular weight excluding hydrogens is 538 g/mol. The Bertz CT molecular complexity index is 1380. The Kier molecular flexibility index (Phi) is 9.93. The third kappa shape index (κ3) is 8.65. The molecule has 4 N–H and O–H groups in total. The maximum Gasteiger partial charge on any atom is 0.408 e. The molecule has 0 spiro atoms. The van der Waals surface area contributed by atoms with E-state index in [9.17, 15) is 24.3 Å². The molecule has 2 unspecified atom stereocenters. The van der Waals surface area contributed by atoms with Crippen LogP contribution in [0, 0.1) is 0 Å². The highest BCUT2D eigenvalue weighted by Gasteiger charge is 2.50. The number of hydrogen-bond donors (Lipinski definition) is 4. The SMILES string of the molecule is C[C@@H](NC(=O)OCc1ccccc1)C(=O)N[C@@H](Cc1ccccc1)C(=O)NC(Cc1ccc(O)cc1)C(=O)C1(C)CO1. The summed E-state index contributed by atoms with van der Waals surface area (Å²) in [5, 5.41) is 17.6. The second-order valence-corrected chi connectivity index (χ2v) is 10.5. The Morgan fingerprint density at radius 2 is 1.31 bits per heavy atom. The van der Waals surface area contributed by atoms with Gasteiger partial charge in [-0.3, -0.25) is 14.4 Å². The standard InChI is InChI=1S/C32H35N3O7/c1-21(33-31(40)41-19-24-11-7-4-8-12-24)29(38)35-27(18-22-9-5-3-6-10-22)30(39)34-26(28(37)32(2)20-42-32)17-23-13-15-25(36)16-14-23/h3-16,21,26-27,36H,17-20H2,1-2H3,(H,33,40)(H,34,39)(H,35,38)/t21-,26?,27+,32?/m1/s1. The van der Waals surface area contributed by atoms with Gasteiger partial charge in [0.05, 0.1) is 12.6 Å². The molecule has 10 nitrogen and oxygen atoms in total. The van der Waals surface area contributed by atoms with Crippen molar-refractivity contribution in [1.82, 2.24) is 16.0 Å². The Morgan fingerprint density at radius 3 is 1.90 bits per heavy atom. The molecular formula is C32H35N3O7. The van der Waals surface area contributed by atoms with E-state index in [0.29, 0.717) is 0 Å². The second kappa shape index (κ2) is 13.8. The summed E-state index contributed by atoms with van der Waals surface area (Å²) in [6, 6.07) is 21.6. The summed E-state index contributed by atoms with van der Waals surface area (Å²) in [5.41, 5.74) is 1.32. The molecule has 3 aromatic carbocycles. The van der Waals surface area contributed by atoms with E-state index in [0.717, 1.165) is 16.7 Å². The number of Topliss-reactive ketones (excluding diaryl/α,β-unsaturated/α-hetero) is 1. The van der Waals surface area contributed by atoms with E-state index >= 15 is 0 Å². The van der Waals surface area contributed by atoms with Crippen molar-refractivity contribution >= 4 is 23.7 Å². The van der Waals surface area contributed by atoms with Crippen LogP contribution in [0.2, 0.25) is 0 Å². The maximum atomic E-state index is 13.6. The number of rotatable bonds is 13. The maximum absolute atomic E-state index is 13.6. The van der Waals surface area contributed by atoms with E-state index in [1.165, 1.54) is 19.1 Å². The molecule has 4 atom stereocenters. The van der Waals surface area contributed by atoms with E-state index in [1.54, 1.807) is 19.1 Å². The molecule has 0 saturated carbocycles. The molecule has 220 valence electrons. The molecule has 0 aliphatic carbocycles. The van der Waals surface area contributed by atoms with Crippen molar-refractivity contribution in [1.29, 1.82) is 0 Å². The third-order valence-corrected chi connectivity index (χ3v) is 6.96. The first-order valence-corrected chi connectivity index (χ1v) is 13.7. The minimum atomic E-state index is -1.05. The molecule has 4 rings (SSSR count). The van der Waals surface area contributed by atoms with E-state index in [4.69, 9.17) is 9.47 Å². The number of nitrogens with one attached hydrogen (secondary N) is 3. The van der Waals surface area contributed by atoms with Gasteiger partial charge in [-0.05, 0) is 49.1 Å². The van der Waals surface area contributed by atoms with Gasteiger partial charge in [0.25, 0.3) is 0 Å². The van der Waals surface area contributed by atoms with E-state index < -0.39 is 41.6 Å². The number of epoxide rings is 1. The number of amides is 3. The van der Waals surface area contributed by atoms with Gasteiger partial charge in [0.1, 0.15) is 30.0 Å². The number of phenolic OH excluding ortho intramolecular Hbond substituents is 1. The lowest BCUT2D eigenvalue weighted by atomic mass is 9.94. The highest BCUT2D eigenvalue weighted by Crippen LogP contribution is 2.29. The summed E-state index contributed by atoms with van der Waals surface area (Å²) < 4.78 is 10.6. The molecule has 3 amide bonds. The molecule has 0 radical (unpaired) electrons. The average molecular weight is 574 g/mol. The zero-order valence-electron chi connectivity index (χ0n) is 23.5. The fourth-order valence-corrected chi connectivity index (χ4v) is 4.33. The quantitative estimate of drug-likeness (QED) is 0.230. The van der Waals surface area contributed by atoms with Gasteiger partial charge in [0.15, 0.2) is 5.78 Å². The van der Waals surface area contributed by atoms with Gasteiger partial charge in [-0.2, -0.15) is 0 Å². The van der Waals surface area contributed by atoms with Crippen LogP contribution in [0.4, 0.5) is 4.79 Å². The number of aromatic hydroxyl groups is 1. The molecule has 10 heteroatoms. The average Bonchev–Trinajstić information content (AvgIpc) is 3.75. The minimum Gasteiger partial charge on any atom is -0.508 e. The van der Waals surface area contributed by atoms with Gasteiger partial charge < -0.3 is 30.5 Å². The van der Waals surface area contributed by atoms with Crippen molar-refractivity contribution in [2.45, 2.75) is 57.0 Å². The normalized spacial score (nSPS) is 17.7. The lowest BCUT2D eigenvalue weighted by molar-refractivity contribution is -0.133. The molecule has 0 aromatic heterocycles. The highest BCUT2D eigenvalue weighted by atomic mass is 16.6. The summed E-state index contributed by atoms with van der Waals surface area (Å²) >= 11 is 0. The van der Waals surface area contributed by atoms with E-state index in [-0.39, 0.29) is 37.6 Å². The van der Waals surface area contributed by atoms with E-state index in [1.807, 2.05) is 60.7 Å². The number of ketones is 1. The molecule has 42 heavy (non-hydrogen) atoms. The van der Waals surface area contributed by atoms with Crippen molar-refractivity contribution in [2.24, 2.45) is 0 Å². The van der Waals surface area contributed by atoms with Crippen LogP contribution >= 0.6 is 0 Å². The number of carbonyl (C=O) groups is 4. The Balaban J connectivity index is 1.44. The predicted octanol–water partition coefficient (Wildman–Crippen LogP) is 2.82. The van der Waals surface area contributed by atoms with E-state index in [2.05, 4.69) is 16.0 Å². The Hall–Kier alpha value is -4.70. The molecule has 1 heterocycles. The van der Waals surface area contributed by atoms with Gasteiger partial charge in [0.2, 0.25) is 11.8 Å². The topological polar surface area (TPSA) is 146 Å². The molecule has 3 aromatic rings. The van der Waals surface area contributed by atoms with Crippen molar-refractivity contribution < 1.29 is 33.8 Å².